The summed E-state index contributed by atoms with van der Waals surface area (Å²) in [5.41, 5.74) is 0. The molecule has 0 aromatic heterocycles. The Hall–Kier alpha value is -0.140. The summed E-state index contributed by atoms with van der Waals surface area (Å²) in [4.78, 5) is 0. The van der Waals surface area contributed by atoms with E-state index in [9.17, 15) is 8.78 Å². The Balaban J connectivity index is 1.43. The third-order valence-electron chi connectivity index (χ3n) is 9.09. The monoisotopic (exact) mass is 396 g/mol. The van der Waals surface area contributed by atoms with Crippen LogP contribution in [-0.2, 0) is 0 Å². The van der Waals surface area contributed by atoms with Crippen LogP contribution in [0.1, 0.15) is 111 Å². The van der Waals surface area contributed by atoms with E-state index >= 15 is 0 Å². The van der Waals surface area contributed by atoms with Gasteiger partial charge in [-0.1, -0.05) is 52.9 Å². The molecule has 0 radical (unpaired) electrons. The van der Waals surface area contributed by atoms with E-state index in [4.69, 9.17) is 0 Å². The lowest BCUT2D eigenvalue weighted by molar-refractivity contribution is 0.00170. The van der Waals surface area contributed by atoms with E-state index in [2.05, 4.69) is 20.8 Å². The van der Waals surface area contributed by atoms with Crippen LogP contribution in [0, 0.1) is 41.4 Å². The van der Waals surface area contributed by atoms with Crippen LogP contribution in [0.25, 0.3) is 0 Å². The highest BCUT2D eigenvalue weighted by atomic mass is 19.1. The molecule has 164 valence electrons. The zero-order valence-corrected chi connectivity index (χ0v) is 18.9. The van der Waals surface area contributed by atoms with Gasteiger partial charge in [0.1, 0.15) is 12.3 Å². The molecule has 0 amide bonds. The van der Waals surface area contributed by atoms with Gasteiger partial charge in [0.05, 0.1) is 0 Å². The Kier molecular flexibility index (Phi) is 8.66. The van der Waals surface area contributed by atoms with Crippen molar-refractivity contribution < 1.29 is 8.78 Å². The van der Waals surface area contributed by atoms with Crippen LogP contribution in [0.5, 0.6) is 0 Å². The first-order valence-electron chi connectivity index (χ1n) is 12.8. The highest BCUT2D eigenvalue weighted by molar-refractivity contribution is 4.92. The van der Waals surface area contributed by atoms with Gasteiger partial charge in [-0.05, 0) is 93.3 Å². The van der Waals surface area contributed by atoms with E-state index in [1.165, 1.54) is 64.2 Å². The van der Waals surface area contributed by atoms with Gasteiger partial charge >= 0.3 is 0 Å². The molecule has 0 N–H and O–H groups in total. The lowest BCUT2D eigenvalue weighted by Crippen LogP contribution is -2.40. The predicted octanol–water partition coefficient (Wildman–Crippen LogP) is 8.54. The summed E-state index contributed by atoms with van der Waals surface area (Å²) in [5.74, 6) is 3.85. The van der Waals surface area contributed by atoms with E-state index in [1.54, 1.807) is 0 Å². The van der Waals surface area contributed by atoms with E-state index in [0.29, 0.717) is 30.6 Å². The normalized spacial score (nSPS) is 43.6. The fourth-order valence-electron chi connectivity index (χ4n) is 7.01. The summed E-state index contributed by atoms with van der Waals surface area (Å²) in [5, 5.41) is 0. The van der Waals surface area contributed by atoms with Gasteiger partial charge in [-0.25, -0.2) is 8.78 Å². The summed E-state index contributed by atoms with van der Waals surface area (Å²) in [6.07, 6.45) is 14.9. The third kappa shape index (κ3) is 5.72. The Morgan fingerprint density at radius 2 is 1.18 bits per heavy atom. The first kappa shape index (κ1) is 22.5. The average Bonchev–Trinajstić information content (AvgIpc) is 2.71. The number of hydrogen-bond donors (Lipinski definition) is 0. The zero-order chi connectivity index (χ0) is 20.1. The van der Waals surface area contributed by atoms with Gasteiger partial charge in [0, 0.05) is 5.92 Å². The SMILES string of the molecule is CCCC1CCC(C2CCC(C3CC(F)C(CC(C)CC)C(F)C3)CC2)CC1. The maximum Gasteiger partial charge on any atom is 0.106 e. The van der Waals surface area contributed by atoms with Gasteiger partial charge in [-0.2, -0.15) is 0 Å². The highest BCUT2D eigenvalue weighted by Crippen LogP contribution is 2.48. The molecule has 0 heterocycles. The second-order valence-corrected chi connectivity index (χ2v) is 10.9. The maximum absolute atomic E-state index is 14.8. The zero-order valence-electron chi connectivity index (χ0n) is 18.9. The minimum Gasteiger partial charge on any atom is -0.247 e. The molecule has 28 heavy (non-hydrogen) atoms. The molecular formula is C26H46F2. The van der Waals surface area contributed by atoms with E-state index < -0.39 is 12.3 Å². The van der Waals surface area contributed by atoms with Gasteiger partial charge < -0.3 is 0 Å². The molecule has 3 fully saturated rings. The molecule has 2 heteroatoms. The minimum atomic E-state index is -0.908. The molecule has 0 spiro atoms. The predicted molar refractivity (Wildman–Crippen MR) is 116 cm³/mol. The van der Waals surface area contributed by atoms with Crippen LogP contribution in [0.3, 0.4) is 0 Å². The molecular weight excluding hydrogens is 350 g/mol. The molecule has 3 saturated carbocycles. The second-order valence-electron chi connectivity index (χ2n) is 10.9. The number of hydrogen-bond acceptors (Lipinski definition) is 0. The number of alkyl halides is 2. The Morgan fingerprint density at radius 1 is 0.714 bits per heavy atom. The van der Waals surface area contributed by atoms with Crippen LogP contribution < -0.4 is 0 Å². The van der Waals surface area contributed by atoms with Crippen molar-refractivity contribution in [3.05, 3.63) is 0 Å². The molecule has 3 aliphatic rings. The van der Waals surface area contributed by atoms with Crippen LogP contribution >= 0.6 is 0 Å². The van der Waals surface area contributed by atoms with Gasteiger partial charge in [-0.15, -0.1) is 0 Å². The summed E-state index contributed by atoms with van der Waals surface area (Å²) in [7, 11) is 0. The van der Waals surface area contributed by atoms with Crippen molar-refractivity contribution in [1.29, 1.82) is 0 Å². The summed E-state index contributed by atoms with van der Waals surface area (Å²) < 4.78 is 29.7. The third-order valence-corrected chi connectivity index (χ3v) is 9.09. The Bertz CT molecular complexity index is 422. The Morgan fingerprint density at radius 3 is 1.64 bits per heavy atom. The lowest BCUT2D eigenvalue weighted by atomic mass is 9.64. The molecule has 0 aromatic rings. The molecule has 0 aliphatic heterocycles. The molecule has 3 unspecified atom stereocenters. The molecule has 0 aromatic carbocycles. The summed E-state index contributed by atoms with van der Waals surface area (Å²) in [6, 6.07) is 0. The maximum atomic E-state index is 14.8. The summed E-state index contributed by atoms with van der Waals surface area (Å²) >= 11 is 0. The van der Waals surface area contributed by atoms with Crippen molar-refractivity contribution in [1.82, 2.24) is 0 Å². The van der Waals surface area contributed by atoms with E-state index in [1.807, 2.05) is 0 Å². The Labute approximate surface area is 173 Å². The average molecular weight is 397 g/mol. The van der Waals surface area contributed by atoms with Crippen molar-refractivity contribution in [3.63, 3.8) is 0 Å². The van der Waals surface area contributed by atoms with Crippen molar-refractivity contribution >= 4 is 0 Å². The highest BCUT2D eigenvalue weighted by Gasteiger charge is 2.42. The fraction of sp³-hybridized carbons (Fsp3) is 1.00. The van der Waals surface area contributed by atoms with Gasteiger partial charge in [0.25, 0.3) is 0 Å². The number of rotatable bonds is 7. The van der Waals surface area contributed by atoms with Gasteiger partial charge in [0.2, 0.25) is 0 Å². The summed E-state index contributed by atoms with van der Waals surface area (Å²) in [6.45, 7) is 6.59. The van der Waals surface area contributed by atoms with Crippen molar-refractivity contribution in [2.24, 2.45) is 41.4 Å². The van der Waals surface area contributed by atoms with Crippen LogP contribution in [0.2, 0.25) is 0 Å². The molecule has 3 aliphatic carbocycles. The minimum absolute atomic E-state index is 0.305. The van der Waals surface area contributed by atoms with Crippen molar-refractivity contribution in [2.75, 3.05) is 0 Å². The molecule has 0 saturated heterocycles. The largest absolute Gasteiger partial charge is 0.247 e. The molecule has 3 atom stereocenters. The standard InChI is InChI=1S/C26H46F2/c1-4-6-19-7-9-20(10-8-19)21-11-13-22(14-12-21)23-16-25(27)24(26(28)17-23)15-18(3)5-2/h18-26H,4-17H2,1-3H3. The van der Waals surface area contributed by atoms with Crippen molar-refractivity contribution in [2.45, 2.75) is 123 Å². The van der Waals surface area contributed by atoms with Gasteiger partial charge in [0.15, 0.2) is 0 Å². The molecule has 0 nitrogen and oxygen atoms in total. The lowest BCUT2D eigenvalue weighted by Gasteiger charge is -2.43. The quantitative estimate of drug-likeness (QED) is 0.404. The van der Waals surface area contributed by atoms with E-state index in [0.717, 1.165) is 30.6 Å². The topological polar surface area (TPSA) is 0 Å². The second kappa shape index (κ2) is 10.8. The molecule has 3 rings (SSSR count). The number of halogens is 2. The van der Waals surface area contributed by atoms with Crippen LogP contribution in [-0.4, -0.2) is 12.3 Å². The molecule has 0 bridgehead atoms. The fourth-order valence-corrected chi connectivity index (χ4v) is 7.01. The smallest absolute Gasteiger partial charge is 0.106 e. The van der Waals surface area contributed by atoms with Crippen molar-refractivity contribution in [3.8, 4) is 0 Å². The van der Waals surface area contributed by atoms with Gasteiger partial charge in [-0.3, -0.25) is 0 Å². The van der Waals surface area contributed by atoms with E-state index in [-0.39, 0.29) is 5.92 Å². The van der Waals surface area contributed by atoms with Crippen LogP contribution in [0.15, 0.2) is 0 Å². The van der Waals surface area contributed by atoms with Crippen LogP contribution in [0.4, 0.5) is 8.78 Å². The first-order valence-corrected chi connectivity index (χ1v) is 12.8. The first-order chi connectivity index (χ1) is 13.5.